The second-order valence-corrected chi connectivity index (χ2v) is 9.11. The van der Waals surface area contributed by atoms with Crippen molar-refractivity contribution in [2.24, 2.45) is 5.10 Å². The van der Waals surface area contributed by atoms with E-state index in [9.17, 15) is 14.9 Å². The summed E-state index contributed by atoms with van der Waals surface area (Å²) >= 11 is 0. The van der Waals surface area contributed by atoms with Crippen molar-refractivity contribution in [1.29, 1.82) is 0 Å². The van der Waals surface area contributed by atoms with Crippen LogP contribution in [0.2, 0.25) is 0 Å². The maximum absolute atomic E-state index is 12.6. The summed E-state index contributed by atoms with van der Waals surface area (Å²) in [4.78, 5) is 25.6. The number of furan rings is 1. The molecule has 1 N–H and O–H groups in total. The van der Waals surface area contributed by atoms with Gasteiger partial charge in [0.25, 0.3) is 5.69 Å². The lowest BCUT2D eigenvalue weighted by Gasteiger charge is -2.47. The summed E-state index contributed by atoms with van der Waals surface area (Å²) in [5.41, 5.74) is 6.04. The maximum atomic E-state index is 12.6. The summed E-state index contributed by atoms with van der Waals surface area (Å²) in [5.74, 6) is -0.00206. The molecular formula is C25H28N4O5. The predicted octanol–water partition coefficient (Wildman–Crippen LogP) is 5.23. The second kappa shape index (κ2) is 8.81. The van der Waals surface area contributed by atoms with Crippen LogP contribution >= 0.6 is 0 Å². The fourth-order valence-corrected chi connectivity index (χ4v) is 4.88. The van der Waals surface area contributed by atoms with E-state index in [2.05, 4.69) is 55.3 Å². The van der Waals surface area contributed by atoms with Gasteiger partial charge in [-0.05, 0) is 62.4 Å². The number of methoxy groups -OCH3 is 1. The Labute approximate surface area is 197 Å². The van der Waals surface area contributed by atoms with Gasteiger partial charge in [-0.3, -0.25) is 14.9 Å². The highest BCUT2D eigenvalue weighted by molar-refractivity contribution is 5.98. The molecule has 0 fully saturated rings. The highest BCUT2D eigenvalue weighted by Crippen LogP contribution is 2.43. The van der Waals surface area contributed by atoms with Crippen molar-refractivity contribution in [1.82, 2.24) is 5.43 Å². The van der Waals surface area contributed by atoms with E-state index < -0.39 is 10.8 Å². The number of ether oxygens (including phenoxy) is 1. The number of non-ortho nitro benzene ring substituents is 1. The molecule has 1 aromatic heterocycles. The van der Waals surface area contributed by atoms with E-state index in [0.717, 1.165) is 18.5 Å². The van der Waals surface area contributed by atoms with E-state index in [1.165, 1.54) is 36.6 Å². The summed E-state index contributed by atoms with van der Waals surface area (Å²) in [5, 5.41) is 15.6. The minimum atomic E-state index is -0.567. The number of hydrogen-bond donors (Lipinski definition) is 1. The highest BCUT2D eigenvalue weighted by atomic mass is 16.6. The molecule has 178 valence electrons. The number of hydrogen-bond acceptors (Lipinski definition) is 7. The van der Waals surface area contributed by atoms with Crippen LogP contribution in [0.4, 0.5) is 11.4 Å². The zero-order valence-electron chi connectivity index (χ0n) is 19.9. The molecule has 34 heavy (non-hydrogen) atoms. The Hall–Kier alpha value is -3.88. The molecule has 1 unspecified atom stereocenters. The fraction of sp³-hybridized carbons (Fsp3) is 0.360. The van der Waals surface area contributed by atoms with E-state index >= 15 is 0 Å². The number of carbonyl (C=O) groups excluding carboxylic acids is 1. The third-order valence-electron chi connectivity index (χ3n) is 6.33. The van der Waals surface area contributed by atoms with Crippen LogP contribution in [-0.2, 0) is 0 Å². The monoisotopic (exact) mass is 464 g/mol. The maximum Gasteiger partial charge on any atom is 0.307 e. The van der Waals surface area contributed by atoms with Gasteiger partial charge in [-0.1, -0.05) is 13.0 Å². The molecule has 3 aromatic rings. The molecule has 0 saturated heterocycles. The number of nitrogens with zero attached hydrogens (tertiary/aromatic N) is 3. The fourth-order valence-electron chi connectivity index (χ4n) is 4.88. The van der Waals surface area contributed by atoms with Crippen molar-refractivity contribution in [2.45, 2.75) is 45.6 Å². The SMILES string of the molecule is CCN1c2ccc(/C=N\NC(=O)c3cc4cc([N+](=O)[O-])cc(OC)c4o3)cc2C(C)CC1(C)C. The van der Waals surface area contributed by atoms with Gasteiger partial charge in [0.1, 0.15) is 0 Å². The largest absolute Gasteiger partial charge is 0.493 e. The second-order valence-electron chi connectivity index (χ2n) is 9.11. The average molecular weight is 465 g/mol. The topological polar surface area (TPSA) is 110 Å². The molecule has 2 aromatic carbocycles. The Balaban J connectivity index is 1.53. The number of hydrazone groups is 1. The summed E-state index contributed by atoms with van der Waals surface area (Å²) < 4.78 is 10.8. The molecule has 1 aliphatic heterocycles. The van der Waals surface area contributed by atoms with Crippen LogP contribution in [0, 0.1) is 10.1 Å². The Bertz CT molecular complexity index is 1290. The van der Waals surface area contributed by atoms with Gasteiger partial charge < -0.3 is 14.1 Å². The molecule has 2 heterocycles. The van der Waals surface area contributed by atoms with E-state index in [1.807, 2.05) is 6.07 Å². The van der Waals surface area contributed by atoms with E-state index in [-0.39, 0.29) is 28.3 Å². The molecule has 9 heteroatoms. The Kier molecular flexibility index (Phi) is 6.03. The molecule has 0 radical (unpaired) electrons. The molecule has 4 rings (SSSR count). The molecule has 0 saturated carbocycles. The van der Waals surface area contributed by atoms with Crippen LogP contribution in [0.25, 0.3) is 11.0 Å². The molecule has 1 aliphatic rings. The molecule has 0 spiro atoms. The van der Waals surface area contributed by atoms with Gasteiger partial charge in [0.2, 0.25) is 0 Å². The minimum Gasteiger partial charge on any atom is -0.493 e. The van der Waals surface area contributed by atoms with Crippen LogP contribution in [0.3, 0.4) is 0 Å². The third-order valence-corrected chi connectivity index (χ3v) is 6.33. The summed E-state index contributed by atoms with van der Waals surface area (Å²) in [6.45, 7) is 9.87. The van der Waals surface area contributed by atoms with E-state index in [4.69, 9.17) is 9.15 Å². The van der Waals surface area contributed by atoms with Crippen molar-refractivity contribution in [3.05, 3.63) is 63.4 Å². The van der Waals surface area contributed by atoms with Crippen molar-refractivity contribution < 1.29 is 18.9 Å². The molecule has 0 aliphatic carbocycles. The van der Waals surface area contributed by atoms with Gasteiger partial charge in [0, 0.05) is 29.2 Å². The lowest BCUT2D eigenvalue weighted by atomic mass is 9.79. The Morgan fingerprint density at radius 3 is 2.79 bits per heavy atom. The van der Waals surface area contributed by atoms with Gasteiger partial charge in [-0.15, -0.1) is 0 Å². The molecule has 0 bridgehead atoms. The number of amides is 1. The molecule has 9 nitrogen and oxygen atoms in total. The zero-order valence-corrected chi connectivity index (χ0v) is 19.9. The first-order valence-corrected chi connectivity index (χ1v) is 11.2. The lowest BCUT2D eigenvalue weighted by Crippen LogP contribution is -2.48. The number of benzene rings is 2. The third kappa shape index (κ3) is 4.21. The molecule has 1 amide bonds. The highest BCUT2D eigenvalue weighted by Gasteiger charge is 2.35. The van der Waals surface area contributed by atoms with Crippen LogP contribution in [0.15, 0.2) is 45.9 Å². The van der Waals surface area contributed by atoms with Gasteiger partial charge >= 0.3 is 5.91 Å². The van der Waals surface area contributed by atoms with Crippen molar-refractivity contribution in [3.8, 4) is 5.75 Å². The average Bonchev–Trinajstić information content (AvgIpc) is 3.23. The van der Waals surface area contributed by atoms with Crippen molar-refractivity contribution in [3.63, 3.8) is 0 Å². The van der Waals surface area contributed by atoms with Crippen LogP contribution in [-0.4, -0.2) is 36.2 Å². The number of nitro benzene ring substituents is 1. The number of fused-ring (bicyclic) bond motifs is 2. The summed E-state index contributed by atoms with van der Waals surface area (Å²) in [6, 6.07) is 10.2. The molecule has 1 atom stereocenters. The Morgan fingerprint density at radius 2 is 2.12 bits per heavy atom. The first-order valence-electron chi connectivity index (χ1n) is 11.2. The number of nitro groups is 1. The van der Waals surface area contributed by atoms with E-state index in [1.54, 1.807) is 6.21 Å². The first-order chi connectivity index (χ1) is 16.1. The van der Waals surface area contributed by atoms with Crippen LogP contribution in [0.5, 0.6) is 5.75 Å². The number of anilines is 1. The standard InChI is InChI=1S/C25H28N4O5/c1-6-28-20-8-7-16(9-19(20)15(2)13-25(28,3)4)14-26-27-24(30)22-11-17-10-18(29(31)32)12-21(33-5)23(17)34-22/h7-12,14-15H,6,13H2,1-5H3,(H,27,30)/b26-14-. The summed E-state index contributed by atoms with van der Waals surface area (Å²) in [7, 11) is 1.38. The van der Waals surface area contributed by atoms with Crippen LogP contribution < -0.4 is 15.1 Å². The Morgan fingerprint density at radius 1 is 1.35 bits per heavy atom. The van der Waals surface area contributed by atoms with Gasteiger partial charge in [-0.25, -0.2) is 5.43 Å². The number of rotatable bonds is 6. The smallest absolute Gasteiger partial charge is 0.307 e. The normalized spacial score (nSPS) is 17.1. The number of nitrogens with one attached hydrogen (secondary N) is 1. The number of carbonyl (C=O) groups is 1. The predicted molar refractivity (Wildman–Crippen MR) is 131 cm³/mol. The van der Waals surface area contributed by atoms with Gasteiger partial charge in [0.15, 0.2) is 17.1 Å². The molecular weight excluding hydrogens is 436 g/mol. The summed E-state index contributed by atoms with van der Waals surface area (Å²) in [6.07, 6.45) is 2.65. The van der Waals surface area contributed by atoms with Crippen LogP contribution in [0.1, 0.15) is 61.7 Å². The van der Waals surface area contributed by atoms with Crippen molar-refractivity contribution >= 4 is 34.5 Å². The first kappa shape index (κ1) is 23.3. The van der Waals surface area contributed by atoms with E-state index in [0.29, 0.717) is 11.3 Å². The van der Waals surface area contributed by atoms with Gasteiger partial charge in [-0.2, -0.15) is 5.10 Å². The van der Waals surface area contributed by atoms with Gasteiger partial charge in [0.05, 0.1) is 24.3 Å². The lowest BCUT2D eigenvalue weighted by molar-refractivity contribution is -0.384. The van der Waals surface area contributed by atoms with Crippen molar-refractivity contribution in [2.75, 3.05) is 18.6 Å². The minimum absolute atomic E-state index is 0.0224. The quantitative estimate of drug-likeness (QED) is 0.304. The zero-order chi connectivity index (χ0) is 24.6.